The third-order valence-corrected chi connectivity index (χ3v) is 4.11. The summed E-state index contributed by atoms with van der Waals surface area (Å²) in [5, 5.41) is 3.83. The monoisotopic (exact) mass is 212 g/mol. The van der Waals surface area contributed by atoms with Gasteiger partial charge in [0.15, 0.2) is 0 Å². The molecule has 0 unspecified atom stereocenters. The lowest BCUT2D eigenvalue weighted by Gasteiger charge is -2.36. The van der Waals surface area contributed by atoms with Crippen LogP contribution in [0.1, 0.15) is 65.2 Å². The van der Waals surface area contributed by atoms with Crippen LogP contribution in [0.4, 0.5) is 0 Å². The van der Waals surface area contributed by atoms with Gasteiger partial charge in [0.2, 0.25) is 0 Å². The Morgan fingerprint density at radius 3 is 2.00 bits per heavy atom. The molecule has 1 saturated carbocycles. The van der Waals surface area contributed by atoms with Crippen LogP contribution in [0, 0.1) is 0 Å². The lowest BCUT2D eigenvalue weighted by molar-refractivity contribution is 0.258. The molecule has 0 aromatic rings. The summed E-state index contributed by atoms with van der Waals surface area (Å²) in [7, 11) is 0. The van der Waals surface area contributed by atoms with Gasteiger partial charge in [0.05, 0.1) is 0 Å². The molecule has 0 aliphatic heterocycles. The highest BCUT2D eigenvalue weighted by molar-refractivity contribution is 4.90. The minimum absolute atomic E-state index is 0.203. The van der Waals surface area contributed by atoms with Gasteiger partial charge in [0, 0.05) is 18.1 Å². The van der Waals surface area contributed by atoms with E-state index in [2.05, 4.69) is 19.2 Å². The second kappa shape index (κ2) is 6.49. The molecule has 2 nitrogen and oxygen atoms in total. The first-order valence-corrected chi connectivity index (χ1v) is 6.74. The maximum atomic E-state index is 5.92. The van der Waals surface area contributed by atoms with Gasteiger partial charge in [0.1, 0.15) is 0 Å². The zero-order chi connectivity index (χ0) is 11.1. The van der Waals surface area contributed by atoms with E-state index in [1.54, 1.807) is 0 Å². The number of hydrogen-bond donors (Lipinski definition) is 2. The van der Waals surface area contributed by atoms with E-state index >= 15 is 0 Å². The second-order valence-electron chi connectivity index (χ2n) is 5.02. The molecular formula is C13H28N2. The van der Waals surface area contributed by atoms with Crippen LogP contribution >= 0.6 is 0 Å². The van der Waals surface area contributed by atoms with Gasteiger partial charge in [-0.2, -0.15) is 0 Å². The number of nitrogens with one attached hydrogen (secondary N) is 1. The summed E-state index contributed by atoms with van der Waals surface area (Å²) in [5.41, 5.74) is 6.13. The minimum atomic E-state index is 0.203. The lowest BCUT2D eigenvalue weighted by atomic mass is 9.90. The van der Waals surface area contributed by atoms with Gasteiger partial charge >= 0.3 is 0 Å². The van der Waals surface area contributed by atoms with Gasteiger partial charge in [-0.1, -0.05) is 39.5 Å². The van der Waals surface area contributed by atoms with Crippen LogP contribution in [-0.4, -0.2) is 18.1 Å². The van der Waals surface area contributed by atoms with Crippen molar-refractivity contribution >= 4 is 0 Å². The highest BCUT2D eigenvalue weighted by Crippen LogP contribution is 2.22. The van der Waals surface area contributed by atoms with Crippen LogP contribution < -0.4 is 11.1 Å². The molecule has 0 amide bonds. The summed E-state index contributed by atoms with van der Waals surface area (Å²) in [5.74, 6) is 0. The van der Waals surface area contributed by atoms with Crippen molar-refractivity contribution < 1.29 is 0 Å². The van der Waals surface area contributed by atoms with Crippen LogP contribution in [0.3, 0.4) is 0 Å². The first-order valence-electron chi connectivity index (χ1n) is 6.74. The van der Waals surface area contributed by atoms with Crippen molar-refractivity contribution in [3.8, 4) is 0 Å². The quantitative estimate of drug-likeness (QED) is 0.688. The maximum Gasteiger partial charge on any atom is 0.0301 e. The summed E-state index contributed by atoms with van der Waals surface area (Å²) in [6, 6.07) is 0.718. The van der Waals surface area contributed by atoms with E-state index in [1.165, 1.54) is 38.5 Å². The fourth-order valence-corrected chi connectivity index (χ4v) is 2.66. The number of rotatable bonds is 5. The van der Waals surface area contributed by atoms with Gasteiger partial charge in [-0.3, -0.25) is 0 Å². The Labute approximate surface area is 95.0 Å². The van der Waals surface area contributed by atoms with Crippen molar-refractivity contribution in [2.45, 2.75) is 76.8 Å². The molecule has 1 fully saturated rings. The minimum Gasteiger partial charge on any atom is -0.329 e. The molecular weight excluding hydrogens is 184 g/mol. The highest BCUT2D eigenvalue weighted by Gasteiger charge is 2.27. The zero-order valence-corrected chi connectivity index (χ0v) is 10.5. The fraction of sp³-hybridized carbons (Fsp3) is 1.00. The molecule has 0 spiro atoms. The van der Waals surface area contributed by atoms with Gasteiger partial charge in [-0.05, 0) is 25.7 Å². The molecule has 90 valence electrons. The lowest BCUT2D eigenvalue weighted by Crippen LogP contribution is -2.54. The Hall–Kier alpha value is -0.0800. The smallest absolute Gasteiger partial charge is 0.0301 e. The van der Waals surface area contributed by atoms with E-state index in [4.69, 9.17) is 5.73 Å². The average Bonchev–Trinajstić information content (AvgIpc) is 2.54. The third kappa shape index (κ3) is 3.76. The Morgan fingerprint density at radius 1 is 1.07 bits per heavy atom. The van der Waals surface area contributed by atoms with Crippen molar-refractivity contribution in [2.75, 3.05) is 6.54 Å². The van der Waals surface area contributed by atoms with Crippen LogP contribution in [0.5, 0.6) is 0 Å². The van der Waals surface area contributed by atoms with Gasteiger partial charge < -0.3 is 11.1 Å². The molecule has 1 rings (SSSR count). The molecule has 0 saturated heterocycles. The molecule has 3 N–H and O–H groups in total. The van der Waals surface area contributed by atoms with E-state index in [0.29, 0.717) is 0 Å². The van der Waals surface area contributed by atoms with E-state index in [9.17, 15) is 0 Å². The van der Waals surface area contributed by atoms with E-state index < -0.39 is 0 Å². The van der Waals surface area contributed by atoms with Crippen molar-refractivity contribution in [3.63, 3.8) is 0 Å². The van der Waals surface area contributed by atoms with Gasteiger partial charge in [-0.25, -0.2) is 0 Å². The summed E-state index contributed by atoms with van der Waals surface area (Å²) < 4.78 is 0. The predicted molar refractivity (Wildman–Crippen MR) is 67.0 cm³/mol. The highest BCUT2D eigenvalue weighted by atomic mass is 15.0. The molecule has 0 heterocycles. The van der Waals surface area contributed by atoms with Crippen LogP contribution in [0.25, 0.3) is 0 Å². The van der Waals surface area contributed by atoms with Gasteiger partial charge in [0.25, 0.3) is 0 Å². The van der Waals surface area contributed by atoms with Crippen LogP contribution in [0.2, 0.25) is 0 Å². The molecule has 0 aromatic carbocycles. The molecule has 1 aliphatic carbocycles. The summed E-state index contributed by atoms with van der Waals surface area (Å²) in [4.78, 5) is 0. The van der Waals surface area contributed by atoms with Crippen molar-refractivity contribution in [1.29, 1.82) is 0 Å². The molecule has 0 radical (unpaired) electrons. The molecule has 15 heavy (non-hydrogen) atoms. The van der Waals surface area contributed by atoms with Crippen LogP contribution in [0.15, 0.2) is 0 Å². The predicted octanol–water partition coefficient (Wildman–Crippen LogP) is 2.82. The van der Waals surface area contributed by atoms with Crippen molar-refractivity contribution in [1.82, 2.24) is 5.32 Å². The first kappa shape index (κ1) is 13.0. The number of hydrogen-bond acceptors (Lipinski definition) is 2. The molecule has 0 atom stereocenters. The SMILES string of the molecule is CCC(CC)(CN)NC1CCCCCC1. The zero-order valence-electron chi connectivity index (χ0n) is 10.5. The third-order valence-electron chi connectivity index (χ3n) is 4.11. The van der Waals surface area contributed by atoms with Crippen molar-refractivity contribution in [2.24, 2.45) is 5.73 Å². The van der Waals surface area contributed by atoms with Crippen molar-refractivity contribution in [3.05, 3.63) is 0 Å². The first-order chi connectivity index (χ1) is 7.26. The van der Waals surface area contributed by atoms with E-state index in [1.807, 2.05) is 0 Å². The Kier molecular flexibility index (Phi) is 5.62. The maximum absolute atomic E-state index is 5.92. The molecule has 0 bridgehead atoms. The van der Waals surface area contributed by atoms with Gasteiger partial charge in [-0.15, -0.1) is 0 Å². The van der Waals surface area contributed by atoms with Crippen LogP contribution in [-0.2, 0) is 0 Å². The summed E-state index contributed by atoms with van der Waals surface area (Å²) in [6.07, 6.45) is 10.6. The Morgan fingerprint density at radius 2 is 1.60 bits per heavy atom. The largest absolute Gasteiger partial charge is 0.329 e. The standard InChI is InChI=1S/C13H28N2/c1-3-13(4-2,11-14)15-12-9-7-5-6-8-10-12/h12,15H,3-11,14H2,1-2H3. The number of nitrogens with two attached hydrogens (primary N) is 1. The summed E-state index contributed by atoms with van der Waals surface area (Å²) in [6.45, 7) is 5.27. The average molecular weight is 212 g/mol. The molecule has 1 aliphatic rings. The summed E-state index contributed by atoms with van der Waals surface area (Å²) >= 11 is 0. The normalized spacial score (nSPS) is 20.2. The second-order valence-corrected chi connectivity index (χ2v) is 5.02. The molecule has 2 heteroatoms. The topological polar surface area (TPSA) is 38.0 Å². The fourth-order valence-electron chi connectivity index (χ4n) is 2.66. The Bertz CT molecular complexity index is 148. The molecule has 0 aromatic heterocycles. The van der Waals surface area contributed by atoms with E-state index in [0.717, 1.165) is 25.4 Å². The Balaban J connectivity index is 2.48. The van der Waals surface area contributed by atoms with E-state index in [-0.39, 0.29) is 5.54 Å².